The average molecular weight is 511 g/mol. The molecule has 2 heterocycles. The van der Waals surface area contributed by atoms with Crippen molar-refractivity contribution < 1.29 is 44.1 Å². The van der Waals surface area contributed by atoms with E-state index in [9.17, 15) is 20.4 Å². The van der Waals surface area contributed by atoms with Crippen molar-refractivity contribution in [1.29, 1.82) is 0 Å². The number of hydrogen-bond donors (Lipinski definition) is 10. The van der Waals surface area contributed by atoms with Gasteiger partial charge in [-0.25, -0.2) is 0 Å². The van der Waals surface area contributed by atoms with Crippen LogP contribution in [0.4, 0.5) is 0 Å². The summed E-state index contributed by atoms with van der Waals surface area (Å²) in [5, 5.41) is 40.3. The van der Waals surface area contributed by atoms with E-state index < -0.39 is 92.2 Å². The van der Waals surface area contributed by atoms with Crippen LogP contribution < -0.4 is 34.4 Å². The lowest BCUT2D eigenvalue weighted by Gasteiger charge is -2.49. The fourth-order valence-corrected chi connectivity index (χ4v) is 4.80. The highest BCUT2D eigenvalue weighted by molar-refractivity contribution is 5.02. The second-order valence-electron chi connectivity index (χ2n) is 9.42. The van der Waals surface area contributed by atoms with Crippen molar-refractivity contribution in [2.45, 2.75) is 98.4 Å². The predicted octanol–water partition coefficient (Wildman–Crippen LogP) is -6.31. The van der Waals surface area contributed by atoms with Crippen LogP contribution in [0.1, 0.15) is 12.8 Å². The van der Waals surface area contributed by atoms with Crippen LogP contribution in [0.5, 0.6) is 0 Å². The van der Waals surface area contributed by atoms with E-state index >= 15 is 0 Å². The van der Waals surface area contributed by atoms with Gasteiger partial charge in [-0.2, -0.15) is 0 Å². The van der Waals surface area contributed by atoms with Crippen molar-refractivity contribution in [3.8, 4) is 0 Å². The Bertz CT molecular complexity index is 654. The molecule has 0 radical (unpaired) electrons. The summed E-state index contributed by atoms with van der Waals surface area (Å²) in [5.41, 5.74) is 36.2. The van der Waals surface area contributed by atoms with E-state index in [0.29, 0.717) is 0 Å². The van der Waals surface area contributed by atoms with Crippen molar-refractivity contribution >= 4 is 0 Å². The van der Waals surface area contributed by atoms with Gasteiger partial charge in [0.1, 0.15) is 36.6 Å². The first-order valence-electron chi connectivity index (χ1n) is 11.9. The Morgan fingerprint density at radius 1 is 0.743 bits per heavy atom. The first-order chi connectivity index (χ1) is 16.6. The molecular formula is C20H42N6O9. The van der Waals surface area contributed by atoms with Crippen LogP contribution in [-0.2, 0) is 23.7 Å². The largest absolute Gasteiger partial charge is 0.394 e. The normalized spacial score (nSPS) is 49.2. The zero-order valence-electron chi connectivity index (χ0n) is 19.6. The van der Waals surface area contributed by atoms with Crippen LogP contribution in [0.3, 0.4) is 0 Å². The predicted molar refractivity (Wildman–Crippen MR) is 121 cm³/mol. The zero-order chi connectivity index (χ0) is 25.9. The van der Waals surface area contributed by atoms with Gasteiger partial charge in [0.2, 0.25) is 0 Å². The molecule has 0 bridgehead atoms. The molecule has 0 spiro atoms. The van der Waals surface area contributed by atoms with Gasteiger partial charge in [0.25, 0.3) is 0 Å². The van der Waals surface area contributed by atoms with Gasteiger partial charge in [-0.3, -0.25) is 0 Å². The van der Waals surface area contributed by atoms with E-state index in [0.717, 1.165) is 0 Å². The summed E-state index contributed by atoms with van der Waals surface area (Å²) in [4.78, 5) is 0. The molecule has 3 fully saturated rings. The van der Waals surface area contributed by atoms with Crippen molar-refractivity contribution in [1.82, 2.24) is 0 Å². The fraction of sp³-hybridized carbons (Fsp3) is 1.00. The average Bonchev–Trinajstić information content (AvgIpc) is 2.82. The molecule has 14 atom stereocenters. The number of aliphatic hydroxyl groups is 4. The Balaban J connectivity index is 1.80. The maximum absolute atomic E-state index is 10.5. The van der Waals surface area contributed by atoms with E-state index in [-0.39, 0.29) is 32.5 Å². The van der Waals surface area contributed by atoms with Crippen LogP contribution in [-0.4, -0.2) is 132 Å². The lowest BCUT2D eigenvalue weighted by molar-refractivity contribution is -0.318. The van der Waals surface area contributed by atoms with E-state index in [2.05, 4.69) is 0 Å². The molecule has 2 saturated heterocycles. The highest BCUT2D eigenvalue weighted by Crippen LogP contribution is 2.32. The maximum Gasteiger partial charge on any atom is 0.186 e. The van der Waals surface area contributed by atoms with Gasteiger partial charge in [-0.05, 0) is 12.8 Å². The molecule has 0 aromatic heterocycles. The molecule has 1 aliphatic carbocycles. The van der Waals surface area contributed by atoms with E-state index in [4.69, 9.17) is 58.1 Å². The Morgan fingerprint density at radius 3 is 1.91 bits per heavy atom. The molecule has 3 rings (SSSR count). The SMILES string of the molecule is NCCO[C@@H]1[C@@H](O[C@H]2O[C@H](CN)[C@@H](O)C[C@H]2N)[C@H](N)C[C@H](N)[C@H]1O[C@H]1O[C@H](CO)[C@@H](O)[C@H](N)[C@H]1O. The van der Waals surface area contributed by atoms with E-state index in [1.807, 2.05) is 0 Å². The van der Waals surface area contributed by atoms with Crippen LogP contribution in [0.25, 0.3) is 0 Å². The zero-order valence-corrected chi connectivity index (χ0v) is 19.6. The first-order valence-corrected chi connectivity index (χ1v) is 11.9. The Labute approximate surface area is 203 Å². The second-order valence-corrected chi connectivity index (χ2v) is 9.42. The van der Waals surface area contributed by atoms with E-state index in [1.54, 1.807) is 0 Å². The summed E-state index contributed by atoms with van der Waals surface area (Å²) >= 11 is 0. The molecule has 35 heavy (non-hydrogen) atoms. The van der Waals surface area contributed by atoms with Crippen molar-refractivity contribution in [2.75, 3.05) is 26.3 Å². The van der Waals surface area contributed by atoms with Gasteiger partial charge in [0.15, 0.2) is 12.6 Å². The highest BCUT2D eigenvalue weighted by Gasteiger charge is 2.51. The van der Waals surface area contributed by atoms with Gasteiger partial charge >= 0.3 is 0 Å². The van der Waals surface area contributed by atoms with Crippen molar-refractivity contribution in [3.63, 3.8) is 0 Å². The van der Waals surface area contributed by atoms with Crippen LogP contribution >= 0.6 is 0 Å². The quantitative estimate of drug-likeness (QED) is 0.138. The van der Waals surface area contributed by atoms with Crippen LogP contribution in [0.2, 0.25) is 0 Å². The number of aliphatic hydroxyl groups excluding tert-OH is 4. The van der Waals surface area contributed by atoms with Crippen molar-refractivity contribution in [2.24, 2.45) is 34.4 Å². The van der Waals surface area contributed by atoms with Crippen LogP contribution in [0.15, 0.2) is 0 Å². The number of nitrogens with two attached hydrogens (primary N) is 6. The molecule has 3 aliphatic rings. The van der Waals surface area contributed by atoms with Gasteiger partial charge in [0.05, 0.1) is 37.5 Å². The Morgan fingerprint density at radius 2 is 1.34 bits per heavy atom. The van der Waals surface area contributed by atoms with Gasteiger partial charge in [0, 0.05) is 25.2 Å². The smallest absolute Gasteiger partial charge is 0.186 e. The minimum absolute atomic E-state index is 0.0726. The molecule has 0 unspecified atom stereocenters. The highest BCUT2D eigenvalue weighted by atomic mass is 16.7. The Hall–Kier alpha value is -0.600. The molecular weight excluding hydrogens is 468 g/mol. The van der Waals surface area contributed by atoms with E-state index in [1.165, 1.54) is 0 Å². The standard InChI is InChI=1S/C20H42N6O9/c21-1-2-31-18-16(34-19-9(25)4-10(28)11(5-22)32-19)7(23)3-8(24)17(18)35-20-15(30)13(26)14(29)12(6-27)33-20/h7-20,27-30H,1-6,21-26H2/t7-,8+,9-,10+,11-,12-,13+,14-,15-,16+,17-,18-,19-,20-/m1/s1. The summed E-state index contributed by atoms with van der Waals surface area (Å²) in [6.45, 7) is -0.152. The molecule has 2 aliphatic heterocycles. The third-order valence-electron chi connectivity index (χ3n) is 6.82. The van der Waals surface area contributed by atoms with Crippen molar-refractivity contribution in [3.05, 3.63) is 0 Å². The summed E-state index contributed by atoms with van der Waals surface area (Å²) in [7, 11) is 0. The van der Waals surface area contributed by atoms with Gasteiger partial charge < -0.3 is 78.5 Å². The third-order valence-corrected chi connectivity index (χ3v) is 6.82. The molecule has 206 valence electrons. The number of ether oxygens (including phenoxy) is 5. The second kappa shape index (κ2) is 12.8. The lowest BCUT2D eigenvalue weighted by atomic mass is 9.84. The number of hydrogen-bond acceptors (Lipinski definition) is 15. The topological polar surface area (TPSA) is 283 Å². The minimum Gasteiger partial charge on any atom is -0.394 e. The van der Waals surface area contributed by atoms with Gasteiger partial charge in [-0.15, -0.1) is 0 Å². The summed E-state index contributed by atoms with van der Waals surface area (Å²) in [6, 6.07) is -3.04. The molecule has 16 N–H and O–H groups in total. The maximum atomic E-state index is 10.5. The lowest BCUT2D eigenvalue weighted by Crippen LogP contribution is -2.68. The fourth-order valence-electron chi connectivity index (χ4n) is 4.80. The summed E-state index contributed by atoms with van der Waals surface area (Å²) in [6.07, 6.45) is -9.62. The monoisotopic (exact) mass is 510 g/mol. The molecule has 15 nitrogen and oxygen atoms in total. The molecule has 1 saturated carbocycles. The summed E-state index contributed by atoms with van der Waals surface area (Å²) in [5.74, 6) is 0. The minimum atomic E-state index is -1.41. The first kappa shape index (κ1) is 29.0. The molecule has 15 heteroatoms. The summed E-state index contributed by atoms with van der Waals surface area (Å²) < 4.78 is 29.5. The molecule has 0 aromatic carbocycles. The van der Waals surface area contributed by atoms with Crippen LogP contribution in [0, 0.1) is 0 Å². The number of rotatable bonds is 9. The molecule has 0 amide bonds. The third kappa shape index (κ3) is 6.46. The Kier molecular flexibility index (Phi) is 10.6. The molecule has 0 aromatic rings. The van der Waals surface area contributed by atoms with Gasteiger partial charge in [-0.1, -0.05) is 0 Å².